The average molecular weight is 286 g/mol. The molecule has 3 rings (SSSR count). The second-order valence-corrected chi connectivity index (χ2v) is 6.09. The van der Waals surface area contributed by atoms with Crippen molar-refractivity contribution in [1.82, 2.24) is 10.3 Å². The van der Waals surface area contributed by atoms with Gasteiger partial charge in [-0.15, -0.1) is 11.3 Å². The first-order valence-corrected chi connectivity index (χ1v) is 6.93. The third kappa shape index (κ3) is 2.23. The van der Waals surface area contributed by atoms with Gasteiger partial charge in [0, 0.05) is 0 Å². The first-order chi connectivity index (χ1) is 8.88. The molecule has 1 fully saturated rings. The number of rotatable bonds is 1. The van der Waals surface area contributed by atoms with E-state index in [2.05, 4.69) is 17.2 Å². The predicted molar refractivity (Wildman–Crippen MR) is 69.2 cm³/mol. The molecule has 2 aromatic rings. The summed E-state index contributed by atoms with van der Waals surface area (Å²) in [5, 5.41) is 4.26. The summed E-state index contributed by atoms with van der Waals surface area (Å²) in [7, 11) is 0. The quantitative estimate of drug-likeness (QED) is 0.859. The average Bonchev–Trinajstić information content (AvgIpc) is 2.93. The van der Waals surface area contributed by atoms with E-state index >= 15 is 0 Å². The van der Waals surface area contributed by atoms with E-state index in [9.17, 15) is 13.2 Å². The molecule has 1 aliphatic rings. The molecule has 0 amide bonds. The van der Waals surface area contributed by atoms with Crippen LogP contribution < -0.4 is 5.32 Å². The van der Waals surface area contributed by atoms with Crippen LogP contribution >= 0.6 is 11.3 Å². The van der Waals surface area contributed by atoms with E-state index in [0.717, 1.165) is 41.2 Å². The van der Waals surface area contributed by atoms with Gasteiger partial charge in [0.05, 0.1) is 21.3 Å². The molecule has 0 radical (unpaired) electrons. The molecular weight excluding hydrogens is 273 g/mol. The van der Waals surface area contributed by atoms with Crippen LogP contribution in [0.2, 0.25) is 0 Å². The van der Waals surface area contributed by atoms with Gasteiger partial charge in [-0.05, 0) is 44.5 Å². The van der Waals surface area contributed by atoms with Crippen molar-refractivity contribution in [2.75, 3.05) is 6.54 Å². The molecule has 1 atom stereocenters. The van der Waals surface area contributed by atoms with E-state index in [1.165, 1.54) is 17.4 Å². The van der Waals surface area contributed by atoms with Crippen molar-refractivity contribution in [2.24, 2.45) is 0 Å². The molecular formula is C13H13F3N2S. The minimum atomic E-state index is -4.31. The fourth-order valence-electron chi connectivity index (χ4n) is 2.42. The normalized spacial score (nSPS) is 24.2. The Kier molecular flexibility index (Phi) is 2.83. The number of fused-ring (bicyclic) bond motifs is 1. The van der Waals surface area contributed by atoms with Gasteiger partial charge in [0.2, 0.25) is 0 Å². The highest BCUT2D eigenvalue weighted by Gasteiger charge is 2.34. The Morgan fingerprint density at radius 3 is 2.79 bits per heavy atom. The zero-order valence-corrected chi connectivity index (χ0v) is 11.2. The van der Waals surface area contributed by atoms with Gasteiger partial charge in [-0.1, -0.05) is 0 Å². The van der Waals surface area contributed by atoms with Gasteiger partial charge in [0.15, 0.2) is 0 Å². The van der Waals surface area contributed by atoms with Crippen LogP contribution in [-0.4, -0.2) is 11.5 Å². The van der Waals surface area contributed by atoms with Gasteiger partial charge in [-0.2, -0.15) is 13.2 Å². The van der Waals surface area contributed by atoms with Crippen LogP contribution in [0.1, 0.15) is 30.3 Å². The SMILES string of the molecule is CC1(c2nc3cc(C(F)(F)F)ccc3s2)CCCN1. The van der Waals surface area contributed by atoms with E-state index in [1.807, 2.05) is 0 Å². The summed E-state index contributed by atoms with van der Waals surface area (Å²) >= 11 is 1.47. The summed E-state index contributed by atoms with van der Waals surface area (Å²) in [6.07, 6.45) is -2.27. The summed E-state index contributed by atoms with van der Waals surface area (Å²) in [5.41, 5.74) is -0.395. The molecule has 1 saturated heterocycles. The lowest BCUT2D eigenvalue weighted by molar-refractivity contribution is -0.137. The molecule has 19 heavy (non-hydrogen) atoms. The molecule has 0 bridgehead atoms. The van der Waals surface area contributed by atoms with Crippen molar-refractivity contribution in [3.63, 3.8) is 0 Å². The summed E-state index contributed by atoms with van der Waals surface area (Å²) in [6, 6.07) is 3.76. The molecule has 102 valence electrons. The lowest BCUT2D eigenvalue weighted by Gasteiger charge is -2.20. The monoisotopic (exact) mass is 286 g/mol. The maximum atomic E-state index is 12.7. The molecule has 2 nitrogen and oxygen atoms in total. The maximum Gasteiger partial charge on any atom is 0.416 e. The van der Waals surface area contributed by atoms with Gasteiger partial charge < -0.3 is 5.32 Å². The van der Waals surface area contributed by atoms with Crippen LogP contribution in [0.4, 0.5) is 13.2 Å². The topological polar surface area (TPSA) is 24.9 Å². The molecule has 2 heterocycles. The Bertz CT molecular complexity index is 612. The number of nitrogens with one attached hydrogen (secondary N) is 1. The molecule has 1 aromatic heterocycles. The third-order valence-electron chi connectivity index (χ3n) is 3.56. The Hall–Kier alpha value is -1.14. The number of benzene rings is 1. The van der Waals surface area contributed by atoms with Crippen LogP contribution in [-0.2, 0) is 11.7 Å². The van der Waals surface area contributed by atoms with E-state index in [4.69, 9.17) is 0 Å². The summed E-state index contributed by atoms with van der Waals surface area (Å²) in [4.78, 5) is 4.40. The predicted octanol–water partition coefficient (Wildman–Crippen LogP) is 3.91. The number of hydrogen-bond donors (Lipinski definition) is 1. The number of alkyl halides is 3. The Balaban J connectivity index is 2.06. The Morgan fingerprint density at radius 2 is 2.16 bits per heavy atom. The van der Waals surface area contributed by atoms with Crippen LogP contribution in [0.25, 0.3) is 10.2 Å². The lowest BCUT2D eigenvalue weighted by Crippen LogP contribution is -2.32. The minimum Gasteiger partial charge on any atom is -0.306 e. The molecule has 1 N–H and O–H groups in total. The maximum absolute atomic E-state index is 12.7. The third-order valence-corrected chi connectivity index (χ3v) is 4.86. The zero-order valence-electron chi connectivity index (χ0n) is 10.3. The van der Waals surface area contributed by atoms with Crippen LogP contribution in [0.3, 0.4) is 0 Å². The second-order valence-electron chi connectivity index (χ2n) is 5.06. The van der Waals surface area contributed by atoms with Gasteiger partial charge in [0.25, 0.3) is 0 Å². The number of thiazole rings is 1. The fourth-order valence-corrected chi connectivity index (χ4v) is 3.51. The summed E-state index contributed by atoms with van der Waals surface area (Å²) in [5.74, 6) is 0. The highest BCUT2D eigenvalue weighted by Crippen LogP contribution is 2.37. The van der Waals surface area contributed by atoms with Crippen molar-refractivity contribution in [3.05, 3.63) is 28.8 Å². The van der Waals surface area contributed by atoms with Gasteiger partial charge in [-0.3, -0.25) is 0 Å². The van der Waals surface area contributed by atoms with E-state index < -0.39 is 11.7 Å². The fraction of sp³-hybridized carbons (Fsp3) is 0.462. The second kappa shape index (κ2) is 4.18. The van der Waals surface area contributed by atoms with Gasteiger partial charge in [0.1, 0.15) is 5.01 Å². The highest BCUT2D eigenvalue weighted by atomic mass is 32.1. The molecule has 0 saturated carbocycles. The molecule has 1 aliphatic heterocycles. The van der Waals surface area contributed by atoms with E-state index in [1.54, 1.807) is 0 Å². The molecule has 1 aromatic carbocycles. The molecule has 1 unspecified atom stereocenters. The number of hydrogen-bond acceptors (Lipinski definition) is 3. The lowest BCUT2D eigenvalue weighted by atomic mass is 10.0. The summed E-state index contributed by atoms with van der Waals surface area (Å²) < 4.78 is 38.8. The van der Waals surface area contributed by atoms with Crippen molar-refractivity contribution >= 4 is 21.6 Å². The number of aromatic nitrogens is 1. The van der Waals surface area contributed by atoms with E-state index in [-0.39, 0.29) is 5.54 Å². The zero-order chi connectivity index (χ0) is 13.7. The van der Waals surface area contributed by atoms with E-state index in [0.29, 0.717) is 5.52 Å². The summed E-state index contributed by atoms with van der Waals surface area (Å²) in [6.45, 7) is 2.99. The molecule has 0 aliphatic carbocycles. The largest absolute Gasteiger partial charge is 0.416 e. The van der Waals surface area contributed by atoms with Crippen LogP contribution in [0, 0.1) is 0 Å². The van der Waals surface area contributed by atoms with Crippen molar-refractivity contribution in [2.45, 2.75) is 31.5 Å². The molecule has 0 spiro atoms. The standard InChI is InChI=1S/C13H13F3N2S/c1-12(5-2-6-17-12)11-18-9-7-8(13(14,15)16)3-4-10(9)19-11/h3-4,7,17H,2,5-6H2,1H3. The van der Waals surface area contributed by atoms with Crippen LogP contribution in [0.5, 0.6) is 0 Å². The van der Waals surface area contributed by atoms with Crippen LogP contribution in [0.15, 0.2) is 18.2 Å². The Labute approximate surface area is 112 Å². The number of halogens is 3. The number of nitrogens with zero attached hydrogens (tertiary/aromatic N) is 1. The molecule has 6 heteroatoms. The first-order valence-electron chi connectivity index (χ1n) is 6.12. The van der Waals surface area contributed by atoms with Crippen molar-refractivity contribution in [3.8, 4) is 0 Å². The minimum absolute atomic E-state index is 0.192. The van der Waals surface area contributed by atoms with Gasteiger partial charge >= 0.3 is 6.18 Å². The smallest absolute Gasteiger partial charge is 0.306 e. The Morgan fingerprint density at radius 1 is 1.37 bits per heavy atom. The van der Waals surface area contributed by atoms with Gasteiger partial charge in [-0.25, -0.2) is 4.98 Å². The first kappa shape index (κ1) is 12.9. The van der Waals surface area contributed by atoms with Crippen molar-refractivity contribution < 1.29 is 13.2 Å². The highest BCUT2D eigenvalue weighted by molar-refractivity contribution is 7.18. The van der Waals surface area contributed by atoms with Crippen molar-refractivity contribution in [1.29, 1.82) is 0 Å².